The molecule has 0 aliphatic carbocycles. The van der Waals surface area contributed by atoms with E-state index in [1.165, 1.54) is 0 Å². The van der Waals surface area contributed by atoms with Crippen molar-refractivity contribution < 1.29 is 32.9 Å². The lowest BCUT2D eigenvalue weighted by atomic mass is 10.4. The van der Waals surface area contributed by atoms with Crippen LogP contribution in [0, 0.1) is 0 Å². The van der Waals surface area contributed by atoms with Crippen LogP contribution in [0.15, 0.2) is 0 Å². The Bertz CT molecular complexity index is 212. The van der Waals surface area contributed by atoms with Gasteiger partial charge in [0.2, 0.25) is 0 Å². The van der Waals surface area contributed by atoms with Crippen LogP contribution in [0.5, 0.6) is 0 Å². The Labute approximate surface area is 147 Å². The van der Waals surface area contributed by atoms with E-state index in [0.29, 0.717) is 52.9 Å². The Balaban J connectivity index is 3.12. The first-order valence-corrected chi connectivity index (χ1v) is 10.00. The predicted octanol–water partition coefficient (Wildman–Crippen LogP) is 2.91. The van der Waals surface area contributed by atoms with E-state index < -0.39 is 8.60 Å². The van der Waals surface area contributed by atoms with Gasteiger partial charge in [0, 0.05) is 13.2 Å². The van der Waals surface area contributed by atoms with Crippen molar-refractivity contribution in [2.24, 2.45) is 0 Å². The lowest BCUT2D eigenvalue weighted by Gasteiger charge is -2.11. The molecule has 0 unspecified atom stereocenters. The van der Waals surface area contributed by atoms with E-state index in [-0.39, 0.29) is 0 Å². The highest BCUT2D eigenvalue weighted by molar-refractivity contribution is 7.40. The number of unbranched alkanes of at least 4 members (excludes halogenated alkanes) is 2. The van der Waals surface area contributed by atoms with Crippen molar-refractivity contribution in [1.82, 2.24) is 0 Å². The van der Waals surface area contributed by atoms with Crippen LogP contribution in [-0.4, -0.2) is 71.0 Å². The highest BCUT2D eigenvalue weighted by Gasteiger charge is 2.06. The van der Waals surface area contributed by atoms with Crippen LogP contribution in [0.25, 0.3) is 0 Å². The molecule has 0 fully saturated rings. The molecule has 0 rings (SSSR count). The molecule has 0 aliphatic rings. The van der Waals surface area contributed by atoms with E-state index in [9.17, 15) is 4.89 Å². The summed E-state index contributed by atoms with van der Waals surface area (Å²) >= 11 is 0. The largest absolute Gasteiger partial charge is 0.379 e. The summed E-state index contributed by atoms with van der Waals surface area (Å²) in [5.74, 6) is 0. The fourth-order valence-electron chi connectivity index (χ4n) is 1.52. The van der Waals surface area contributed by atoms with Crippen molar-refractivity contribution in [1.29, 1.82) is 0 Å². The zero-order valence-corrected chi connectivity index (χ0v) is 16.1. The Morgan fingerprint density at radius 2 is 0.875 bits per heavy atom. The van der Waals surface area contributed by atoms with Gasteiger partial charge in [0.1, 0.15) is 0 Å². The first-order valence-electron chi connectivity index (χ1n) is 8.87. The van der Waals surface area contributed by atoms with E-state index in [4.69, 9.17) is 28.0 Å². The van der Waals surface area contributed by atoms with Crippen LogP contribution < -0.4 is 0 Å². The fraction of sp³-hybridized carbons (Fsp3) is 1.00. The average molecular weight is 370 g/mol. The highest BCUT2D eigenvalue weighted by atomic mass is 31.2. The van der Waals surface area contributed by atoms with E-state index in [0.717, 1.165) is 38.9 Å². The van der Waals surface area contributed by atoms with E-state index in [1.54, 1.807) is 0 Å². The summed E-state index contributed by atoms with van der Waals surface area (Å²) in [6.45, 7) is 9.45. The third-order valence-corrected chi connectivity index (χ3v) is 3.69. The summed E-state index contributed by atoms with van der Waals surface area (Å²) in [6.07, 6.45) is 4.41. The Morgan fingerprint density at radius 1 is 0.542 bits per heavy atom. The molecule has 0 aliphatic heterocycles. The first kappa shape index (κ1) is 24.1. The molecule has 0 aromatic heterocycles. The fourth-order valence-corrected chi connectivity index (χ4v) is 2.06. The van der Waals surface area contributed by atoms with Crippen molar-refractivity contribution in [2.75, 3.05) is 66.1 Å². The van der Waals surface area contributed by atoms with E-state index in [2.05, 4.69) is 13.8 Å². The minimum Gasteiger partial charge on any atom is -0.379 e. The molecule has 24 heavy (non-hydrogen) atoms. The standard InChI is InChI=1S/C16H35O7P/c1-3-5-7-18-9-11-20-13-15-22-24(17)23-16-14-21-12-10-19-8-6-4-2/h17H,3-16H2,1-2H3. The third kappa shape index (κ3) is 20.2. The smallest absolute Gasteiger partial charge is 0.330 e. The topological polar surface area (TPSA) is 75.6 Å². The molecule has 8 heteroatoms. The van der Waals surface area contributed by atoms with Gasteiger partial charge >= 0.3 is 8.60 Å². The van der Waals surface area contributed by atoms with Crippen LogP contribution >= 0.6 is 8.60 Å². The van der Waals surface area contributed by atoms with Gasteiger partial charge in [0.15, 0.2) is 0 Å². The van der Waals surface area contributed by atoms with Crippen molar-refractivity contribution >= 4 is 8.60 Å². The van der Waals surface area contributed by atoms with Crippen LogP contribution in [0.1, 0.15) is 39.5 Å². The van der Waals surface area contributed by atoms with Crippen LogP contribution in [0.4, 0.5) is 0 Å². The molecule has 0 saturated heterocycles. The molecule has 0 saturated carbocycles. The third-order valence-electron chi connectivity index (χ3n) is 2.89. The molecule has 0 aromatic carbocycles. The molecule has 7 nitrogen and oxygen atoms in total. The second kappa shape index (κ2) is 21.2. The van der Waals surface area contributed by atoms with Gasteiger partial charge in [-0.15, -0.1) is 0 Å². The van der Waals surface area contributed by atoms with E-state index >= 15 is 0 Å². The SMILES string of the molecule is CCCCOCCOCCOP(O)OCCOCCOCCCC. The molecule has 0 atom stereocenters. The first-order chi connectivity index (χ1) is 11.8. The lowest BCUT2D eigenvalue weighted by Crippen LogP contribution is -2.10. The maximum absolute atomic E-state index is 9.51. The summed E-state index contributed by atoms with van der Waals surface area (Å²) in [5.41, 5.74) is 0. The number of hydrogen-bond acceptors (Lipinski definition) is 7. The van der Waals surface area contributed by atoms with Gasteiger partial charge in [0.05, 0.1) is 52.9 Å². The van der Waals surface area contributed by atoms with Gasteiger partial charge in [-0.3, -0.25) is 0 Å². The van der Waals surface area contributed by atoms with Crippen molar-refractivity contribution in [3.8, 4) is 0 Å². The molecule has 146 valence electrons. The molecule has 0 heterocycles. The molecule has 0 radical (unpaired) electrons. The molecular weight excluding hydrogens is 335 g/mol. The Hall–Kier alpha value is 0.150. The van der Waals surface area contributed by atoms with Crippen LogP contribution in [-0.2, 0) is 28.0 Å². The van der Waals surface area contributed by atoms with Gasteiger partial charge in [-0.1, -0.05) is 26.7 Å². The zero-order chi connectivity index (χ0) is 17.7. The zero-order valence-electron chi connectivity index (χ0n) is 15.2. The summed E-state index contributed by atoms with van der Waals surface area (Å²) in [7, 11) is -1.87. The van der Waals surface area contributed by atoms with Crippen molar-refractivity contribution in [2.45, 2.75) is 39.5 Å². The van der Waals surface area contributed by atoms with Crippen molar-refractivity contribution in [3.05, 3.63) is 0 Å². The summed E-state index contributed by atoms with van der Waals surface area (Å²) in [6, 6.07) is 0. The van der Waals surface area contributed by atoms with Gasteiger partial charge < -0.3 is 32.9 Å². The molecule has 0 aromatic rings. The van der Waals surface area contributed by atoms with E-state index in [1.807, 2.05) is 0 Å². The summed E-state index contributed by atoms with van der Waals surface area (Å²) < 4.78 is 31.6. The average Bonchev–Trinajstić information content (AvgIpc) is 2.59. The van der Waals surface area contributed by atoms with Crippen LogP contribution in [0.2, 0.25) is 0 Å². The second-order valence-corrected chi connectivity index (χ2v) is 6.05. The number of rotatable bonds is 20. The van der Waals surface area contributed by atoms with Gasteiger partial charge in [-0.05, 0) is 12.8 Å². The van der Waals surface area contributed by atoms with Gasteiger partial charge in [0.25, 0.3) is 0 Å². The summed E-state index contributed by atoms with van der Waals surface area (Å²) in [4.78, 5) is 9.51. The second-order valence-electron chi connectivity index (χ2n) is 5.06. The monoisotopic (exact) mass is 370 g/mol. The lowest BCUT2D eigenvalue weighted by molar-refractivity contribution is 0.0255. The maximum atomic E-state index is 9.51. The normalized spacial score (nSPS) is 11.5. The number of hydrogen-bond donors (Lipinski definition) is 1. The predicted molar refractivity (Wildman–Crippen MR) is 94.1 cm³/mol. The molecule has 0 amide bonds. The summed E-state index contributed by atoms with van der Waals surface area (Å²) in [5, 5.41) is 0. The van der Waals surface area contributed by atoms with Gasteiger partial charge in [-0.25, -0.2) is 0 Å². The van der Waals surface area contributed by atoms with Crippen LogP contribution in [0.3, 0.4) is 0 Å². The maximum Gasteiger partial charge on any atom is 0.330 e. The number of ether oxygens (including phenoxy) is 4. The quantitative estimate of drug-likeness (QED) is 0.261. The highest BCUT2D eigenvalue weighted by Crippen LogP contribution is 2.31. The Kier molecular flexibility index (Phi) is 21.3. The van der Waals surface area contributed by atoms with Crippen molar-refractivity contribution in [3.63, 3.8) is 0 Å². The van der Waals surface area contributed by atoms with Gasteiger partial charge in [-0.2, -0.15) is 0 Å². The minimum absolute atomic E-state index is 0.295. The molecule has 0 spiro atoms. The molecule has 0 bridgehead atoms. The molecule has 1 N–H and O–H groups in total. The minimum atomic E-state index is -1.87. The Morgan fingerprint density at radius 3 is 1.25 bits per heavy atom. The molecular formula is C16H35O7P.